The smallest absolute Gasteiger partial charge is 0.315 e. The van der Waals surface area contributed by atoms with Crippen LogP contribution in [0.25, 0.3) is 0 Å². The quantitative estimate of drug-likeness (QED) is 0.534. The number of imide groups is 1. The molecule has 1 aliphatic carbocycles. The Morgan fingerprint density at radius 3 is 2.57 bits per heavy atom. The highest BCUT2D eigenvalue weighted by atomic mass is 16.4. The van der Waals surface area contributed by atoms with Crippen LogP contribution in [0.1, 0.15) is 38.5 Å². The molecule has 1 aliphatic heterocycles. The zero-order valence-electron chi connectivity index (χ0n) is 11.6. The van der Waals surface area contributed by atoms with E-state index < -0.39 is 29.9 Å². The second-order valence-electron chi connectivity index (χ2n) is 5.52. The first-order chi connectivity index (χ1) is 9.95. The van der Waals surface area contributed by atoms with Gasteiger partial charge < -0.3 is 15.7 Å². The number of hydrogen-bond acceptors (Lipinski definition) is 4. The maximum Gasteiger partial charge on any atom is 0.315 e. The molecule has 21 heavy (non-hydrogen) atoms. The summed E-state index contributed by atoms with van der Waals surface area (Å²) in [7, 11) is 0. The lowest BCUT2D eigenvalue weighted by Crippen LogP contribution is -2.55. The van der Waals surface area contributed by atoms with Crippen LogP contribution in [0.4, 0.5) is 4.79 Å². The van der Waals surface area contributed by atoms with E-state index >= 15 is 0 Å². The van der Waals surface area contributed by atoms with Gasteiger partial charge in [-0.1, -0.05) is 6.42 Å². The highest BCUT2D eigenvalue weighted by molar-refractivity contribution is 6.01. The van der Waals surface area contributed by atoms with Gasteiger partial charge in [0.2, 0.25) is 11.8 Å². The van der Waals surface area contributed by atoms with Gasteiger partial charge in [-0.25, -0.2) is 4.79 Å². The number of piperidine rings is 1. The molecule has 1 saturated carbocycles. The fourth-order valence-electron chi connectivity index (χ4n) is 2.76. The molecule has 2 fully saturated rings. The van der Waals surface area contributed by atoms with E-state index in [-0.39, 0.29) is 24.8 Å². The summed E-state index contributed by atoms with van der Waals surface area (Å²) < 4.78 is 0. The third kappa shape index (κ3) is 4.17. The molecule has 0 radical (unpaired) electrons. The van der Waals surface area contributed by atoms with Gasteiger partial charge in [-0.15, -0.1) is 0 Å². The molecule has 0 spiro atoms. The van der Waals surface area contributed by atoms with Crippen LogP contribution in [0.5, 0.6) is 0 Å². The van der Waals surface area contributed by atoms with Crippen LogP contribution in [0.3, 0.4) is 0 Å². The molecular formula is C13H19N3O5. The van der Waals surface area contributed by atoms with Gasteiger partial charge in [-0.2, -0.15) is 0 Å². The fourth-order valence-corrected chi connectivity index (χ4v) is 2.76. The Kier molecular flexibility index (Phi) is 4.77. The van der Waals surface area contributed by atoms with E-state index in [4.69, 9.17) is 5.11 Å². The molecule has 0 aromatic rings. The fraction of sp³-hybridized carbons (Fsp3) is 0.692. The number of nitrogens with one attached hydrogen (secondary N) is 3. The average molecular weight is 297 g/mol. The van der Waals surface area contributed by atoms with Crippen molar-refractivity contribution in [3.63, 3.8) is 0 Å². The molecule has 4 amide bonds. The number of carboxylic acid groups (broad SMARTS) is 1. The zero-order chi connectivity index (χ0) is 15.4. The van der Waals surface area contributed by atoms with E-state index in [1.54, 1.807) is 0 Å². The maximum atomic E-state index is 11.8. The van der Waals surface area contributed by atoms with Crippen molar-refractivity contribution in [3.05, 3.63) is 0 Å². The van der Waals surface area contributed by atoms with Gasteiger partial charge in [0, 0.05) is 12.5 Å². The molecule has 4 N–H and O–H groups in total. The molecule has 8 nitrogen and oxygen atoms in total. The topological polar surface area (TPSA) is 125 Å². The van der Waals surface area contributed by atoms with E-state index in [0.717, 1.165) is 12.8 Å². The number of amides is 4. The van der Waals surface area contributed by atoms with Crippen molar-refractivity contribution in [2.24, 2.45) is 5.92 Å². The first-order valence-electron chi connectivity index (χ1n) is 7.09. The van der Waals surface area contributed by atoms with Gasteiger partial charge in [-0.05, 0) is 25.7 Å². The Morgan fingerprint density at radius 1 is 1.14 bits per heavy atom. The molecule has 8 heteroatoms. The summed E-state index contributed by atoms with van der Waals surface area (Å²) in [6.07, 6.45) is 2.98. The molecular weight excluding hydrogens is 278 g/mol. The number of rotatable bonds is 3. The summed E-state index contributed by atoms with van der Waals surface area (Å²) in [4.78, 5) is 45.3. The highest BCUT2D eigenvalue weighted by Gasteiger charge is 2.30. The second-order valence-corrected chi connectivity index (χ2v) is 5.52. The van der Waals surface area contributed by atoms with Crippen molar-refractivity contribution >= 4 is 23.8 Å². The predicted octanol–water partition coefficient (Wildman–Crippen LogP) is -0.266. The number of carboxylic acids is 1. The van der Waals surface area contributed by atoms with E-state index in [0.29, 0.717) is 12.8 Å². The molecule has 2 rings (SSSR count). The van der Waals surface area contributed by atoms with Gasteiger partial charge in [0.15, 0.2) is 0 Å². The number of hydrogen-bond donors (Lipinski definition) is 4. The Labute approximate surface area is 121 Å². The zero-order valence-corrected chi connectivity index (χ0v) is 11.6. The minimum Gasteiger partial charge on any atom is -0.481 e. The largest absolute Gasteiger partial charge is 0.481 e. The summed E-state index contributed by atoms with van der Waals surface area (Å²) in [5.74, 6) is -2.12. The summed E-state index contributed by atoms with van der Waals surface area (Å²) in [6.45, 7) is 0. The lowest BCUT2D eigenvalue weighted by molar-refractivity contribution is -0.143. The van der Waals surface area contributed by atoms with Crippen LogP contribution in [0.2, 0.25) is 0 Å². The molecule has 0 aromatic carbocycles. The molecule has 0 bridgehead atoms. The third-order valence-electron chi connectivity index (χ3n) is 3.90. The van der Waals surface area contributed by atoms with Crippen LogP contribution in [0.15, 0.2) is 0 Å². The Hall–Kier alpha value is -2.12. The Balaban J connectivity index is 1.80. The number of carbonyl (C=O) groups is 4. The van der Waals surface area contributed by atoms with Crippen molar-refractivity contribution in [2.45, 2.75) is 50.6 Å². The van der Waals surface area contributed by atoms with Crippen LogP contribution in [0, 0.1) is 5.92 Å². The summed E-state index contributed by atoms with van der Waals surface area (Å²) in [5.41, 5.74) is 0. The predicted molar refractivity (Wildman–Crippen MR) is 71.2 cm³/mol. The first-order valence-corrected chi connectivity index (χ1v) is 7.09. The number of carbonyl (C=O) groups excluding carboxylic acids is 3. The van der Waals surface area contributed by atoms with Crippen LogP contribution >= 0.6 is 0 Å². The van der Waals surface area contributed by atoms with Crippen LogP contribution < -0.4 is 16.0 Å². The maximum absolute atomic E-state index is 11.8. The minimum atomic E-state index is -0.841. The average Bonchev–Trinajstić information content (AvgIpc) is 2.42. The molecule has 0 aromatic heterocycles. The van der Waals surface area contributed by atoms with Gasteiger partial charge >= 0.3 is 12.0 Å². The van der Waals surface area contributed by atoms with Gasteiger partial charge in [-0.3, -0.25) is 19.7 Å². The van der Waals surface area contributed by atoms with Crippen molar-refractivity contribution in [3.8, 4) is 0 Å². The molecule has 1 saturated heterocycles. The van der Waals surface area contributed by atoms with Crippen LogP contribution in [-0.4, -0.2) is 41.0 Å². The third-order valence-corrected chi connectivity index (χ3v) is 3.90. The second kappa shape index (κ2) is 6.55. The Morgan fingerprint density at radius 2 is 1.90 bits per heavy atom. The van der Waals surface area contributed by atoms with Gasteiger partial charge in [0.05, 0.1) is 5.92 Å². The summed E-state index contributed by atoms with van der Waals surface area (Å²) in [6, 6.07) is -1.42. The molecule has 1 heterocycles. The minimum absolute atomic E-state index is 0.196. The molecule has 2 aliphatic rings. The van der Waals surface area contributed by atoms with Crippen molar-refractivity contribution in [2.75, 3.05) is 0 Å². The standard InChI is InChI=1S/C13H19N3O5/c17-10-5-4-9(11(18)16-10)15-13(21)14-8-3-1-2-7(6-8)12(19)20/h7-9H,1-6H2,(H,19,20)(H2,14,15,21)(H,16,17,18). The van der Waals surface area contributed by atoms with Crippen molar-refractivity contribution in [1.29, 1.82) is 0 Å². The lowest BCUT2D eigenvalue weighted by Gasteiger charge is -2.28. The van der Waals surface area contributed by atoms with Crippen molar-refractivity contribution in [1.82, 2.24) is 16.0 Å². The van der Waals surface area contributed by atoms with Gasteiger partial charge in [0.1, 0.15) is 6.04 Å². The SMILES string of the molecule is O=C1CCC(NC(=O)NC2CCCC(C(=O)O)C2)C(=O)N1. The van der Waals surface area contributed by atoms with E-state index in [1.807, 2.05) is 0 Å². The first kappa shape index (κ1) is 15.3. The molecule has 116 valence electrons. The Bertz CT molecular complexity index is 465. The van der Waals surface area contributed by atoms with E-state index in [2.05, 4.69) is 16.0 Å². The molecule has 3 atom stereocenters. The summed E-state index contributed by atoms with van der Waals surface area (Å²) >= 11 is 0. The normalized spacial score (nSPS) is 29.4. The van der Waals surface area contributed by atoms with Crippen molar-refractivity contribution < 1.29 is 24.3 Å². The lowest BCUT2D eigenvalue weighted by atomic mass is 9.86. The molecule has 3 unspecified atom stereocenters. The van der Waals surface area contributed by atoms with E-state index in [9.17, 15) is 19.2 Å². The van der Waals surface area contributed by atoms with Gasteiger partial charge in [0.25, 0.3) is 0 Å². The van der Waals surface area contributed by atoms with E-state index in [1.165, 1.54) is 0 Å². The highest BCUT2D eigenvalue weighted by Crippen LogP contribution is 2.24. The summed E-state index contributed by atoms with van der Waals surface area (Å²) in [5, 5.41) is 16.4. The number of urea groups is 1. The number of aliphatic carboxylic acids is 1. The monoisotopic (exact) mass is 297 g/mol. The van der Waals surface area contributed by atoms with Crippen LogP contribution in [-0.2, 0) is 14.4 Å².